The van der Waals surface area contributed by atoms with Crippen LogP contribution in [0.15, 0.2) is 46.9 Å². The lowest BCUT2D eigenvalue weighted by molar-refractivity contribution is -0.152. The minimum Gasteiger partial charge on any atom is -0.506 e. The van der Waals surface area contributed by atoms with Gasteiger partial charge >= 0.3 is 5.97 Å². The number of benzene rings is 2. The number of nitrogens with zero attached hydrogens (tertiary/aromatic N) is 3. The summed E-state index contributed by atoms with van der Waals surface area (Å²) in [6.07, 6.45) is 1.75. The quantitative estimate of drug-likeness (QED) is 0.388. The molecule has 4 rings (SSSR count). The number of ether oxygens (including phenoxy) is 1. The van der Waals surface area contributed by atoms with Crippen molar-refractivity contribution >= 4 is 39.4 Å². The van der Waals surface area contributed by atoms with Gasteiger partial charge in [0.2, 0.25) is 0 Å². The zero-order chi connectivity index (χ0) is 26.0. The number of phenolic OH excluding ortho intramolecular Hbond substituents is 1. The molecule has 190 valence electrons. The summed E-state index contributed by atoms with van der Waals surface area (Å²) in [4.78, 5) is 25.1. The first kappa shape index (κ1) is 26.2. The number of aromatic nitrogens is 2. The highest BCUT2D eigenvalue weighted by Gasteiger charge is 2.33. The molecule has 8 nitrogen and oxygen atoms in total. The Bertz CT molecular complexity index is 1280. The number of hydrogen-bond acceptors (Lipinski definition) is 6. The lowest BCUT2D eigenvalue weighted by Gasteiger charge is -2.38. The van der Waals surface area contributed by atoms with Crippen molar-refractivity contribution in [2.75, 3.05) is 6.54 Å². The number of carbonyl (C=O) groups is 2. The van der Waals surface area contributed by atoms with Crippen LogP contribution in [0.2, 0.25) is 5.02 Å². The zero-order valence-corrected chi connectivity index (χ0v) is 22.6. The van der Waals surface area contributed by atoms with E-state index in [4.69, 9.17) is 16.3 Å². The maximum absolute atomic E-state index is 13.6. The summed E-state index contributed by atoms with van der Waals surface area (Å²) in [5, 5.41) is 17.5. The molecule has 2 N–H and O–H groups in total. The topological polar surface area (TPSA) is 96.7 Å². The molecule has 0 radical (unpaired) electrons. The molecule has 1 saturated heterocycles. The Morgan fingerprint density at radius 1 is 1.25 bits per heavy atom. The van der Waals surface area contributed by atoms with E-state index in [-0.39, 0.29) is 35.5 Å². The molecule has 0 bridgehead atoms. The second-order valence-electron chi connectivity index (χ2n) is 8.75. The molecule has 1 fully saturated rings. The van der Waals surface area contributed by atoms with E-state index in [9.17, 15) is 14.7 Å². The summed E-state index contributed by atoms with van der Waals surface area (Å²) in [5.74, 6) is -0.756. The van der Waals surface area contributed by atoms with Crippen LogP contribution in [0.25, 0.3) is 16.9 Å². The van der Waals surface area contributed by atoms with E-state index in [0.717, 1.165) is 28.4 Å². The van der Waals surface area contributed by atoms with Gasteiger partial charge in [-0.05, 0) is 50.5 Å². The fourth-order valence-corrected chi connectivity index (χ4v) is 4.97. The van der Waals surface area contributed by atoms with Gasteiger partial charge in [-0.25, -0.2) is 9.69 Å². The second kappa shape index (κ2) is 11.0. The van der Waals surface area contributed by atoms with E-state index in [2.05, 4.69) is 26.5 Å². The molecule has 2 atom stereocenters. The molecule has 36 heavy (non-hydrogen) atoms. The van der Waals surface area contributed by atoms with Crippen molar-refractivity contribution in [1.82, 2.24) is 20.2 Å². The van der Waals surface area contributed by atoms with E-state index >= 15 is 0 Å². The Labute approximate surface area is 223 Å². The molecule has 0 spiro atoms. The summed E-state index contributed by atoms with van der Waals surface area (Å²) in [7, 11) is 0. The number of hydrazine groups is 1. The first-order valence-electron chi connectivity index (χ1n) is 11.8. The summed E-state index contributed by atoms with van der Waals surface area (Å²) in [5.41, 5.74) is 5.93. The van der Waals surface area contributed by atoms with E-state index in [1.165, 1.54) is 13.0 Å². The Morgan fingerprint density at radius 3 is 2.61 bits per heavy atom. The van der Waals surface area contributed by atoms with Crippen LogP contribution < -0.4 is 5.43 Å². The number of aromatic hydroxyl groups is 1. The average molecular weight is 576 g/mol. The summed E-state index contributed by atoms with van der Waals surface area (Å²) in [6, 6.07) is 12.3. The van der Waals surface area contributed by atoms with Crippen LogP contribution in [0, 0.1) is 0 Å². The number of rotatable bonds is 6. The minimum absolute atomic E-state index is 0.0492. The van der Waals surface area contributed by atoms with Crippen LogP contribution >= 0.6 is 27.5 Å². The van der Waals surface area contributed by atoms with Crippen LogP contribution in [-0.4, -0.2) is 50.5 Å². The van der Waals surface area contributed by atoms with Crippen LogP contribution in [0.5, 0.6) is 5.75 Å². The molecular weight excluding hydrogens is 548 g/mol. The predicted molar refractivity (Wildman–Crippen MR) is 141 cm³/mol. The third-order valence-corrected chi connectivity index (χ3v) is 7.08. The maximum Gasteiger partial charge on any atom is 0.302 e. The van der Waals surface area contributed by atoms with Crippen molar-refractivity contribution < 1.29 is 19.4 Å². The van der Waals surface area contributed by atoms with Gasteiger partial charge in [0.25, 0.3) is 5.91 Å². The zero-order valence-electron chi connectivity index (χ0n) is 20.3. The SMILES string of the molecule is CCc1c(C(=O)NN2CCCC(OC(C)=O)C2C)nn(-c2ccc(Cl)cc2O)c1-c1ccc(Br)cc1. The van der Waals surface area contributed by atoms with Crippen LogP contribution in [0.1, 0.15) is 49.7 Å². The van der Waals surface area contributed by atoms with Crippen molar-refractivity contribution in [2.45, 2.75) is 52.2 Å². The summed E-state index contributed by atoms with van der Waals surface area (Å²) < 4.78 is 7.95. The largest absolute Gasteiger partial charge is 0.506 e. The van der Waals surface area contributed by atoms with Gasteiger partial charge in [0, 0.05) is 40.2 Å². The molecule has 1 aliphatic heterocycles. The fraction of sp³-hybridized carbons (Fsp3) is 0.346. The van der Waals surface area contributed by atoms with Gasteiger partial charge in [0.05, 0.1) is 11.7 Å². The van der Waals surface area contributed by atoms with Crippen molar-refractivity contribution in [3.8, 4) is 22.7 Å². The number of amides is 1. The third kappa shape index (κ3) is 5.43. The van der Waals surface area contributed by atoms with Crippen LogP contribution in [0.4, 0.5) is 0 Å². The number of hydrogen-bond donors (Lipinski definition) is 2. The lowest BCUT2D eigenvalue weighted by atomic mass is 10.0. The molecule has 3 aromatic rings. The molecule has 1 aliphatic rings. The number of carbonyl (C=O) groups excluding carboxylic acids is 2. The second-order valence-corrected chi connectivity index (χ2v) is 10.1. The van der Waals surface area contributed by atoms with Crippen molar-refractivity contribution in [3.05, 3.63) is 63.2 Å². The Balaban J connectivity index is 1.76. The number of esters is 1. The van der Waals surface area contributed by atoms with E-state index in [1.54, 1.807) is 21.8 Å². The molecule has 0 saturated carbocycles. The molecule has 2 unspecified atom stereocenters. The number of piperidine rings is 1. The van der Waals surface area contributed by atoms with Crippen LogP contribution in [0.3, 0.4) is 0 Å². The summed E-state index contributed by atoms with van der Waals surface area (Å²) in [6.45, 7) is 5.90. The normalized spacial score (nSPS) is 18.1. The van der Waals surface area contributed by atoms with E-state index in [1.807, 2.05) is 38.1 Å². The molecule has 1 aromatic heterocycles. The Kier molecular flexibility index (Phi) is 8.02. The van der Waals surface area contributed by atoms with Gasteiger partial charge in [-0.2, -0.15) is 5.10 Å². The van der Waals surface area contributed by atoms with Crippen molar-refractivity contribution in [3.63, 3.8) is 0 Å². The van der Waals surface area contributed by atoms with Gasteiger partial charge in [0.1, 0.15) is 17.5 Å². The first-order valence-corrected chi connectivity index (χ1v) is 13.0. The molecule has 0 aliphatic carbocycles. The fourth-order valence-electron chi connectivity index (χ4n) is 4.54. The van der Waals surface area contributed by atoms with Crippen molar-refractivity contribution in [2.24, 2.45) is 0 Å². The molecule has 2 heterocycles. The predicted octanol–water partition coefficient (Wildman–Crippen LogP) is 5.28. The molecule has 1 amide bonds. The Morgan fingerprint density at radius 2 is 1.97 bits per heavy atom. The van der Waals surface area contributed by atoms with E-state index in [0.29, 0.717) is 29.4 Å². The minimum atomic E-state index is -0.368. The lowest BCUT2D eigenvalue weighted by Crippen LogP contribution is -2.55. The third-order valence-electron chi connectivity index (χ3n) is 6.32. The highest BCUT2D eigenvalue weighted by atomic mass is 79.9. The van der Waals surface area contributed by atoms with E-state index < -0.39 is 0 Å². The van der Waals surface area contributed by atoms with Gasteiger partial charge < -0.3 is 9.84 Å². The van der Waals surface area contributed by atoms with Crippen molar-refractivity contribution in [1.29, 1.82) is 0 Å². The standard InChI is InChI=1S/C26H28BrClN4O4/c1-4-20-24(26(35)30-31-13-5-6-23(15(31)2)36-16(3)33)29-32(21-12-11-19(28)14-22(21)34)25(20)17-7-9-18(27)10-8-17/h7-12,14-15,23,34H,4-6,13H2,1-3H3,(H,30,35). The number of halogens is 2. The molecular formula is C26H28BrClN4O4. The van der Waals surface area contributed by atoms with Gasteiger partial charge in [0.15, 0.2) is 5.69 Å². The summed E-state index contributed by atoms with van der Waals surface area (Å²) >= 11 is 9.53. The highest BCUT2D eigenvalue weighted by molar-refractivity contribution is 9.10. The van der Waals surface area contributed by atoms with Gasteiger partial charge in [-0.3, -0.25) is 15.0 Å². The first-order chi connectivity index (χ1) is 17.2. The number of phenols is 1. The van der Waals surface area contributed by atoms with Crippen LogP contribution in [-0.2, 0) is 16.0 Å². The Hall–Kier alpha value is -2.88. The monoisotopic (exact) mass is 574 g/mol. The van der Waals surface area contributed by atoms with Gasteiger partial charge in [-0.15, -0.1) is 0 Å². The number of nitrogens with one attached hydrogen (secondary N) is 1. The molecule has 10 heteroatoms. The highest BCUT2D eigenvalue weighted by Crippen LogP contribution is 2.34. The van der Waals surface area contributed by atoms with Gasteiger partial charge in [-0.1, -0.05) is 46.6 Å². The maximum atomic E-state index is 13.6. The molecule has 2 aromatic carbocycles. The average Bonchev–Trinajstić information content (AvgIpc) is 3.21. The smallest absolute Gasteiger partial charge is 0.302 e.